The number of nitrogens with zero attached hydrogens (tertiary/aromatic N) is 1. The van der Waals surface area contributed by atoms with Crippen molar-refractivity contribution in [2.45, 2.75) is 13.8 Å². The molecular formula is C12H16BNO3. The number of aliphatic hydroxyl groups excluding tert-OH is 1. The van der Waals surface area contributed by atoms with E-state index in [9.17, 15) is 5.02 Å². The van der Waals surface area contributed by atoms with Gasteiger partial charge in [-0.3, -0.25) is 0 Å². The highest BCUT2D eigenvalue weighted by atomic mass is 16.5. The highest BCUT2D eigenvalue weighted by Crippen LogP contribution is 2.13. The van der Waals surface area contributed by atoms with Gasteiger partial charge in [0.1, 0.15) is 0 Å². The van der Waals surface area contributed by atoms with E-state index in [4.69, 9.17) is 15.0 Å². The molecule has 2 N–H and O–H groups in total. The second-order valence-corrected chi connectivity index (χ2v) is 4.72. The van der Waals surface area contributed by atoms with E-state index in [2.05, 4.69) is 0 Å². The lowest BCUT2D eigenvalue weighted by Crippen LogP contribution is -2.37. The van der Waals surface area contributed by atoms with Crippen LogP contribution in [0.5, 0.6) is 0 Å². The van der Waals surface area contributed by atoms with Gasteiger partial charge in [-0.15, -0.1) is 0 Å². The largest absolute Gasteiger partial charge is 0.491 e. The third-order valence-corrected chi connectivity index (χ3v) is 2.38. The zero-order valence-electron chi connectivity index (χ0n) is 10.1. The summed E-state index contributed by atoms with van der Waals surface area (Å²) in [5, 5.41) is 27.4. The zero-order valence-corrected chi connectivity index (χ0v) is 10.1. The molecule has 1 rings (SSSR count). The van der Waals surface area contributed by atoms with Crippen LogP contribution in [0, 0.1) is 16.7 Å². The number of rotatable bonds is 5. The normalized spacial score (nSPS) is 11.0. The van der Waals surface area contributed by atoms with Crippen molar-refractivity contribution in [2.24, 2.45) is 5.41 Å². The maximum absolute atomic E-state index is 9.76. The summed E-state index contributed by atoms with van der Waals surface area (Å²) in [6, 6.07) is 8.55. The summed E-state index contributed by atoms with van der Waals surface area (Å²) < 4.78 is 5.27. The van der Waals surface area contributed by atoms with Crippen LogP contribution in [0.4, 0.5) is 0 Å². The summed E-state index contributed by atoms with van der Waals surface area (Å²) in [6.07, 6.45) is 0. The number of nitriles is 1. The molecule has 90 valence electrons. The molecule has 1 aromatic rings. The fourth-order valence-electron chi connectivity index (χ4n) is 1.17. The van der Waals surface area contributed by atoms with E-state index in [1.54, 1.807) is 24.3 Å². The van der Waals surface area contributed by atoms with Crippen molar-refractivity contribution < 1.29 is 14.8 Å². The Kier molecular flexibility index (Phi) is 4.70. The quantitative estimate of drug-likeness (QED) is 0.716. The van der Waals surface area contributed by atoms with E-state index in [-0.39, 0.29) is 18.6 Å². The molecule has 0 aliphatic rings. The average Bonchev–Trinajstić information content (AvgIpc) is 2.36. The van der Waals surface area contributed by atoms with E-state index in [0.717, 1.165) is 0 Å². The van der Waals surface area contributed by atoms with Crippen molar-refractivity contribution >= 4 is 12.6 Å². The van der Waals surface area contributed by atoms with E-state index < -0.39 is 7.12 Å². The van der Waals surface area contributed by atoms with Crippen molar-refractivity contribution in [3.63, 3.8) is 0 Å². The molecule has 0 spiro atoms. The summed E-state index contributed by atoms with van der Waals surface area (Å²) in [4.78, 5) is 0. The molecule has 0 amide bonds. The highest BCUT2D eigenvalue weighted by molar-refractivity contribution is 6.59. The van der Waals surface area contributed by atoms with E-state index in [1.165, 1.54) is 0 Å². The van der Waals surface area contributed by atoms with Gasteiger partial charge in [-0.1, -0.05) is 26.0 Å². The smallest absolute Gasteiger partial charge is 0.423 e. The van der Waals surface area contributed by atoms with Crippen molar-refractivity contribution in [1.29, 1.82) is 5.26 Å². The molecule has 1 aromatic carbocycles. The molecule has 17 heavy (non-hydrogen) atoms. The molecule has 0 fully saturated rings. The van der Waals surface area contributed by atoms with Gasteiger partial charge in [0.2, 0.25) is 0 Å². The molecule has 0 aromatic heterocycles. The Labute approximate surface area is 102 Å². The van der Waals surface area contributed by atoms with Crippen LogP contribution in [0.1, 0.15) is 19.4 Å². The molecule has 0 unspecified atom stereocenters. The first-order chi connectivity index (χ1) is 7.98. The summed E-state index contributed by atoms with van der Waals surface area (Å²) in [6.45, 7) is 3.94. The van der Waals surface area contributed by atoms with Crippen LogP contribution in [-0.4, -0.2) is 30.5 Å². The lowest BCUT2D eigenvalue weighted by molar-refractivity contribution is 0.0886. The first kappa shape index (κ1) is 13.7. The minimum absolute atomic E-state index is 0.00685. The average molecular weight is 233 g/mol. The fraction of sp³-hybridized carbons (Fsp3) is 0.417. The minimum atomic E-state index is -1.03. The van der Waals surface area contributed by atoms with Crippen molar-refractivity contribution in [1.82, 2.24) is 0 Å². The molecule has 0 saturated carbocycles. The molecule has 0 aliphatic heterocycles. The van der Waals surface area contributed by atoms with Gasteiger partial charge in [0.05, 0.1) is 18.2 Å². The van der Waals surface area contributed by atoms with Crippen LogP contribution < -0.4 is 5.46 Å². The summed E-state index contributed by atoms with van der Waals surface area (Å²) in [5.41, 5.74) is 0.752. The van der Waals surface area contributed by atoms with Gasteiger partial charge in [-0.2, -0.15) is 5.26 Å². The van der Waals surface area contributed by atoms with Gasteiger partial charge in [0, 0.05) is 12.0 Å². The topological polar surface area (TPSA) is 73.5 Å². The van der Waals surface area contributed by atoms with Crippen LogP contribution >= 0.6 is 0 Å². The van der Waals surface area contributed by atoms with Crippen LogP contribution in [0.25, 0.3) is 0 Å². The van der Waals surface area contributed by atoms with Crippen LogP contribution in [0.3, 0.4) is 0 Å². The van der Waals surface area contributed by atoms with Gasteiger partial charge in [-0.25, -0.2) is 0 Å². The Bertz CT molecular complexity index is 397. The highest BCUT2D eigenvalue weighted by Gasteiger charge is 2.22. The van der Waals surface area contributed by atoms with Crippen molar-refractivity contribution in [3.8, 4) is 6.07 Å². The number of hydrogen-bond acceptors (Lipinski definition) is 4. The summed E-state index contributed by atoms with van der Waals surface area (Å²) in [7, 11) is -1.03. The van der Waals surface area contributed by atoms with Crippen LogP contribution in [0.2, 0.25) is 0 Å². The Morgan fingerprint density at radius 1 is 1.35 bits per heavy atom. The summed E-state index contributed by atoms with van der Waals surface area (Å²) >= 11 is 0. The van der Waals surface area contributed by atoms with Crippen molar-refractivity contribution in [3.05, 3.63) is 29.8 Å². The maximum atomic E-state index is 9.76. The Hall–Kier alpha value is -1.35. The molecule has 0 saturated heterocycles. The van der Waals surface area contributed by atoms with Gasteiger partial charge >= 0.3 is 7.12 Å². The Morgan fingerprint density at radius 3 is 2.41 bits per heavy atom. The fourth-order valence-corrected chi connectivity index (χ4v) is 1.17. The third-order valence-electron chi connectivity index (χ3n) is 2.38. The lowest BCUT2D eigenvalue weighted by atomic mass is 9.78. The van der Waals surface area contributed by atoms with Gasteiger partial charge in [-0.05, 0) is 17.6 Å². The predicted molar refractivity (Wildman–Crippen MR) is 65.6 cm³/mol. The van der Waals surface area contributed by atoms with Gasteiger partial charge in [0.25, 0.3) is 0 Å². The van der Waals surface area contributed by atoms with Gasteiger partial charge in [0.15, 0.2) is 0 Å². The number of benzene rings is 1. The predicted octanol–water partition coefficient (Wildman–Crippen LogP) is 0.281. The molecule has 4 nitrogen and oxygen atoms in total. The summed E-state index contributed by atoms with van der Waals surface area (Å²) in [5.74, 6) is 0. The molecule has 0 aliphatic carbocycles. The van der Waals surface area contributed by atoms with E-state index in [0.29, 0.717) is 11.0 Å². The Morgan fingerprint density at radius 2 is 1.94 bits per heavy atom. The van der Waals surface area contributed by atoms with Gasteiger partial charge < -0.3 is 14.8 Å². The maximum Gasteiger partial charge on any atom is 0.491 e. The molecular weight excluding hydrogens is 217 g/mol. The Balaban J connectivity index is 2.58. The second kappa shape index (κ2) is 5.83. The van der Waals surface area contributed by atoms with E-state index in [1.807, 2.05) is 19.9 Å². The molecule has 0 radical (unpaired) electrons. The standard InChI is InChI=1S/C12H16BNO3/c1-12(2,8-15)9-17-13(16)11-5-3-10(7-14)4-6-11/h3-6,15-16H,8-9H2,1-2H3. The van der Waals surface area contributed by atoms with Crippen LogP contribution in [-0.2, 0) is 4.65 Å². The number of hydrogen-bond donors (Lipinski definition) is 2. The van der Waals surface area contributed by atoms with Crippen molar-refractivity contribution in [2.75, 3.05) is 13.2 Å². The monoisotopic (exact) mass is 233 g/mol. The van der Waals surface area contributed by atoms with E-state index >= 15 is 0 Å². The SMILES string of the molecule is CC(C)(CO)COB(O)c1ccc(C#N)cc1. The lowest BCUT2D eigenvalue weighted by Gasteiger charge is -2.22. The first-order valence-electron chi connectivity index (χ1n) is 5.39. The molecule has 0 atom stereocenters. The first-order valence-corrected chi connectivity index (χ1v) is 5.39. The third kappa shape index (κ3) is 4.19. The molecule has 0 bridgehead atoms. The zero-order chi connectivity index (χ0) is 12.9. The number of aliphatic hydroxyl groups is 1. The van der Waals surface area contributed by atoms with Crippen LogP contribution in [0.15, 0.2) is 24.3 Å². The second-order valence-electron chi connectivity index (χ2n) is 4.72. The molecule has 5 heteroatoms. The minimum Gasteiger partial charge on any atom is -0.423 e. The molecule has 0 heterocycles.